The number of hydrogen-bond acceptors (Lipinski definition) is 3. The second kappa shape index (κ2) is 4.84. The molecule has 1 aromatic heterocycles. The zero-order chi connectivity index (χ0) is 15.0. The van der Waals surface area contributed by atoms with Gasteiger partial charge in [0.2, 0.25) is 0 Å². The quantitative estimate of drug-likeness (QED) is 0.880. The summed E-state index contributed by atoms with van der Waals surface area (Å²) in [7, 11) is 0. The van der Waals surface area contributed by atoms with Crippen LogP contribution in [0.2, 0.25) is 0 Å². The van der Waals surface area contributed by atoms with E-state index in [2.05, 4.69) is 10.3 Å². The molecule has 5 nitrogen and oxygen atoms in total. The topological polar surface area (TPSA) is 62.3 Å². The number of nitrogens with one attached hydrogen (secondary N) is 1. The van der Waals surface area contributed by atoms with Crippen LogP contribution in [0.15, 0.2) is 36.5 Å². The number of rotatable bonds is 3. The van der Waals surface area contributed by atoms with Gasteiger partial charge in [0.15, 0.2) is 0 Å². The fourth-order valence-electron chi connectivity index (χ4n) is 2.71. The van der Waals surface area contributed by atoms with Crippen molar-refractivity contribution in [1.29, 1.82) is 0 Å². The molecule has 2 heterocycles. The van der Waals surface area contributed by atoms with Gasteiger partial charge in [0.25, 0.3) is 5.91 Å². The van der Waals surface area contributed by atoms with Gasteiger partial charge in [-0.25, -0.2) is 4.79 Å². The summed E-state index contributed by atoms with van der Waals surface area (Å²) in [6.07, 6.45) is 2.31. The minimum Gasteiger partial charge on any atom is -0.306 e. The van der Waals surface area contributed by atoms with Gasteiger partial charge in [-0.1, -0.05) is 31.2 Å². The van der Waals surface area contributed by atoms with Crippen LogP contribution in [0.1, 0.15) is 25.8 Å². The number of urea groups is 1. The second-order valence-electron chi connectivity index (χ2n) is 5.47. The van der Waals surface area contributed by atoms with Crippen LogP contribution in [0.25, 0.3) is 10.9 Å². The van der Waals surface area contributed by atoms with E-state index in [1.165, 1.54) is 0 Å². The third-order valence-electron chi connectivity index (χ3n) is 4.28. The normalized spacial score (nSPS) is 21.9. The highest BCUT2D eigenvalue weighted by Crippen LogP contribution is 2.28. The predicted octanol–water partition coefficient (Wildman–Crippen LogP) is 2.46. The van der Waals surface area contributed by atoms with Gasteiger partial charge in [0.1, 0.15) is 5.54 Å². The maximum atomic E-state index is 12.1. The smallest absolute Gasteiger partial charge is 0.306 e. The fourth-order valence-corrected chi connectivity index (χ4v) is 2.71. The van der Waals surface area contributed by atoms with E-state index in [1.54, 1.807) is 18.0 Å². The number of hydrogen-bond donors (Lipinski definition) is 1. The summed E-state index contributed by atoms with van der Waals surface area (Å²) >= 11 is 0. The Morgan fingerprint density at radius 3 is 2.76 bits per heavy atom. The van der Waals surface area contributed by atoms with E-state index < -0.39 is 5.54 Å². The number of aromatic nitrogens is 1. The summed E-state index contributed by atoms with van der Waals surface area (Å²) in [6, 6.07) is 9.41. The third kappa shape index (κ3) is 2.05. The lowest BCUT2D eigenvalue weighted by Crippen LogP contribution is -2.46. The first-order valence-electron chi connectivity index (χ1n) is 7.02. The van der Waals surface area contributed by atoms with E-state index in [0.717, 1.165) is 16.5 Å². The zero-order valence-corrected chi connectivity index (χ0v) is 12.1. The number of carbonyl (C=O) groups excluding carboxylic acids is 2. The summed E-state index contributed by atoms with van der Waals surface area (Å²) in [5, 5.41) is 3.43. The Labute approximate surface area is 123 Å². The van der Waals surface area contributed by atoms with Crippen molar-refractivity contribution in [3.05, 3.63) is 42.1 Å². The maximum absolute atomic E-state index is 12.1. The summed E-state index contributed by atoms with van der Waals surface area (Å²) < 4.78 is 0. The molecule has 108 valence electrons. The minimum atomic E-state index is -0.798. The van der Waals surface area contributed by atoms with E-state index in [0.29, 0.717) is 13.0 Å². The number of carbonyl (C=O) groups is 2. The molecule has 0 saturated carbocycles. The Morgan fingerprint density at radius 2 is 2.00 bits per heavy atom. The monoisotopic (exact) mass is 283 g/mol. The number of pyridine rings is 1. The van der Waals surface area contributed by atoms with Gasteiger partial charge in [-0.15, -0.1) is 0 Å². The van der Waals surface area contributed by atoms with E-state index >= 15 is 0 Å². The van der Waals surface area contributed by atoms with Crippen LogP contribution in [0.4, 0.5) is 4.79 Å². The van der Waals surface area contributed by atoms with Crippen LogP contribution < -0.4 is 5.32 Å². The molecule has 2 aromatic rings. The van der Waals surface area contributed by atoms with Crippen LogP contribution in [0, 0.1) is 0 Å². The largest absolute Gasteiger partial charge is 0.325 e. The van der Waals surface area contributed by atoms with E-state index in [4.69, 9.17) is 0 Å². The fraction of sp³-hybridized carbons (Fsp3) is 0.312. The molecule has 3 amide bonds. The molecule has 1 aliphatic heterocycles. The van der Waals surface area contributed by atoms with Crippen molar-refractivity contribution in [2.75, 3.05) is 0 Å². The lowest BCUT2D eigenvalue weighted by atomic mass is 9.96. The van der Waals surface area contributed by atoms with Crippen LogP contribution in [-0.4, -0.2) is 27.4 Å². The van der Waals surface area contributed by atoms with Crippen LogP contribution in [0.3, 0.4) is 0 Å². The SMILES string of the molecule is CCC1(C)C(=O)NC(=O)N1Cc1cccc2cccnc12. The minimum absolute atomic E-state index is 0.233. The molecule has 21 heavy (non-hydrogen) atoms. The molecule has 0 aliphatic carbocycles. The first-order chi connectivity index (χ1) is 10.1. The molecule has 1 fully saturated rings. The Morgan fingerprint density at radius 1 is 1.24 bits per heavy atom. The summed E-state index contributed by atoms with van der Waals surface area (Å²) in [6.45, 7) is 4.08. The average molecular weight is 283 g/mol. The van der Waals surface area contributed by atoms with Gasteiger partial charge < -0.3 is 4.90 Å². The molecule has 1 unspecified atom stereocenters. The van der Waals surface area contributed by atoms with E-state index in [1.807, 2.05) is 37.3 Å². The Hall–Kier alpha value is -2.43. The number of imide groups is 1. The van der Waals surface area contributed by atoms with Gasteiger partial charge in [0.05, 0.1) is 12.1 Å². The molecular formula is C16H17N3O2. The molecule has 0 radical (unpaired) electrons. The van der Waals surface area contributed by atoms with Gasteiger partial charge >= 0.3 is 6.03 Å². The van der Waals surface area contributed by atoms with Crippen molar-refractivity contribution in [1.82, 2.24) is 15.2 Å². The first kappa shape index (κ1) is 13.5. The van der Waals surface area contributed by atoms with Crippen LogP contribution in [0.5, 0.6) is 0 Å². The average Bonchev–Trinajstić information content (AvgIpc) is 2.71. The highest BCUT2D eigenvalue weighted by molar-refractivity contribution is 6.06. The number of nitrogens with zero attached hydrogens (tertiary/aromatic N) is 2. The van der Waals surface area contributed by atoms with Gasteiger partial charge in [-0.2, -0.15) is 0 Å². The molecule has 0 spiro atoms. The molecule has 1 saturated heterocycles. The summed E-state index contributed by atoms with van der Waals surface area (Å²) in [5.41, 5.74) is 1.01. The van der Waals surface area contributed by atoms with Crippen molar-refractivity contribution >= 4 is 22.8 Å². The van der Waals surface area contributed by atoms with Crippen molar-refractivity contribution in [2.24, 2.45) is 0 Å². The number of para-hydroxylation sites is 1. The van der Waals surface area contributed by atoms with Crippen LogP contribution >= 0.6 is 0 Å². The van der Waals surface area contributed by atoms with Gasteiger partial charge in [0, 0.05) is 11.6 Å². The van der Waals surface area contributed by atoms with E-state index in [9.17, 15) is 9.59 Å². The Kier molecular flexibility index (Phi) is 3.12. The van der Waals surface area contributed by atoms with Crippen molar-refractivity contribution < 1.29 is 9.59 Å². The molecule has 5 heteroatoms. The zero-order valence-electron chi connectivity index (χ0n) is 12.1. The number of benzene rings is 1. The van der Waals surface area contributed by atoms with Gasteiger partial charge in [-0.3, -0.25) is 15.1 Å². The molecule has 1 aliphatic rings. The van der Waals surface area contributed by atoms with Crippen molar-refractivity contribution in [3.63, 3.8) is 0 Å². The lowest BCUT2D eigenvalue weighted by molar-refractivity contribution is -0.126. The molecule has 1 aromatic carbocycles. The van der Waals surface area contributed by atoms with E-state index in [-0.39, 0.29) is 11.9 Å². The lowest BCUT2D eigenvalue weighted by Gasteiger charge is -2.30. The predicted molar refractivity (Wildman–Crippen MR) is 79.5 cm³/mol. The summed E-state index contributed by atoms with van der Waals surface area (Å²) in [5.74, 6) is -0.233. The highest BCUT2D eigenvalue weighted by Gasteiger charge is 2.47. The van der Waals surface area contributed by atoms with Crippen LogP contribution in [-0.2, 0) is 11.3 Å². The third-order valence-corrected chi connectivity index (χ3v) is 4.28. The number of fused-ring (bicyclic) bond motifs is 1. The summed E-state index contributed by atoms with van der Waals surface area (Å²) in [4.78, 5) is 30.1. The van der Waals surface area contributed by atoms with Crippen molar-refractivity contribution in [3.8, 4) is 0 Å². The highest BCUT2D eigenvalue weighted by atomic mass is 16.2. The molecule has 1 N–H and O–H groups in total. The molecule has 3 rings (SSSR count). The van der Waals surface area contributed by atoms with Gasteiger partial charge in [-0.05, 0) is 25.0 Å². The second-order valence-corrected chi connectivity index (χ2v) is 5.47. The Balaban J connectivity index is 2.02. The Bertz CT molecular complexity index is 723. The molecule has 0 bridgehead atoms. The standard InChI is InChI=1S/C16H17N3O2/c1-3-16(2)14(20)18-15(21)19(16)10-12-7-4-6-11-8-5-9-17-13(11)12/h4-9H,3,10H2,1-2H3,(H,18,20,21). The molecular weight excluding hydrogens is 266 g/mol. The molecule has 1 atom stereocenters. The maximum Gasteiger partial charge on any atom is 0.325 e. The number of amides is 3. The first-order valence-corrected chi connectivity index (χ1v) is 7.02. The van der Waals surface area contributed by atoms with Crippen molar-refractivity contribution in [2.45, 2.75) is 32.4 Å².